The number of hydrogen-bond donors (Lipinski definition) is 2. The van der Waals surface area contributed by atoms with Crippen molar-refractivity contribution in [2.75, 3.05) is 5.32 Å². The summed E-state index contributed by atoms with van der Waals surface area (Å²) in [5.41, 5.74) is 1.54. The normalized spacial score (nSPS) is 24.5. The Morgan fingerprint density at radius 2 is 1.83 bits per heavy atom. The van der Waals surface area contributed by atoms with E-state index in [1.807, 2.05) is 0 Å². The number of nitrogens with one attached hydrogen (secondary N) is 1. The summed E-state index contributed by atoms with van der Waals surface area (Å²) in [4.78, 5) is 24.4. The van der Waals surface area contributed by atoms with E-state index in [0.29, 0.717) is 13.0 Å². The van der Waals surface area contributed by atoms with Crippen molar-refractivity contribution in [3.8, 4) is 5.75 Å². The van der Waals surface area contributed by atoms with Gasteiger partial charge < -0.3 is 20.5 Å². The molecule has 1 aliphatic rings. The zero-order valence-corrected chi connectivity index (χ0v) is 18.1. The maximum Gasteiger partial charge on any atom is 0.417 e. The quantitative estimate of drug-likeness (QED) is 0.552. The summed E-state index contributed by atoms with van der Waals surface area (Å²) < 4.78 is 105. The van der Waals surface area contributed by atoms with E-state index < -0.39 is 71.1 Å². The largest absolute Gasteiger partial charge is 0.431 e. The molecule has 0 saturated carbocycles. The van der Waals surface area contributed by atoms with Crippen LogP contribution in [0.15, 0.2) is 36.4 Å². The lowest BCUT2D eigenvalue weighted by atomic mass is 9.77. The minimum Gasteiger partial charge on any atom is -0.431 e. The molecule has 1 aliphatic heterocycles. The van der Waals surface area contributed by atoms with Crippen molar-refractivity contribution in [1.82, 2.24) is 0 Å². The van der Waals surface area contributed by atoms with Crippen molar-refractivity contribution in [3.05, 3.63) is 59.2 Å². The third kappa shape index (κ3) is 4.90. The number of hydrogen-bond acceptors (Lipinski definition) is 4. The molecular formula is C22H19F7N2O4. The zero-order valence-electron chi connectivity index (χ0n) is 18.1. The van der Waals surface area contributed by atoms with E-state index in [-0.39, 0.29) is 11.3 Å². The van der Waals surface area contributed by atoms with E-state index in [0.717, 1.165) is 19.1 Å². The second-order valence-corrected chi connectivity index (χ2v) is 8.05. The number of nitrogens with two attached hydrogens (primary N) is 1. The molecule has 190 valence electrons. The van der Waals surface area contributed by atoms with Crippen LogP contribution in [-0.2, 0) is 9.53 Å². The van der Waals surface area contributed by atoms with Gasteiger partial charge in [-0.25, -0.2) is 4.39 Å². The third-order valence-corrected chi connectivity index (χ3v) is 5.99. The van der Waals surface area contributed by atoms with Crippen LogP contribution in [0.25, 0.3) is 0 Å². The van der Waals surface area contributed by atoms with Crippen LogP contribution in [0.3, 0.4) is 0 Å². The molecule has 13 heteroatoms. The topological polar surface area (TPSA) is 90.6 Å². The van der Waals surface area contributed by atoms with Crippen LogP contribution in [-0.4, -0.2) is 36.3 Å². The van der Waals surface area contributed by atoms with Crippen molar-refractivity contribution in [1.29, 1.82) is 0 Å². The predicted octanol–water partition coefficient (Wildman–Crippen LogP) is 4.74. The van der Waals surface area contributed by atoms with Crippen molar-refractivity contribution < 1.29 is 49.8 Å². The number of ether oxygens (including phenoxy) is 2. The first-order chi connectivity index (χ1) is 16.2. The van der Waals surface area contributed by atoms with Gasteiger partial charge in [-0.1, -0.05) is 19.1 Å². The van der Waals surface area contributed by atoms with Crippen LogP contribution < -0.4 is 15.8 Å². The minimum atomic E-state index is -5.03. The summed E-state index contributed by atoms with van der Waals surface area (Å²) in [5.74, 6) is -10.1. The molecule has 2 aromatic rings. The fourth-order valence-corrected chi connectivity index (χ4v) is 4.01. The van der Waals surface area contributed by atoms with Crippen molar-refractivity contribution in [2.24, 2.45) is 11.7 Å². The van der Waals surface area contributed by atoms with Crippen molar-refractivity contribution in [2.45, 2.75) is 44.3 Å². The molecule has 0 radical (unpaired) electrons. The molecule has 1 fully saturated rings. The van der Waals surface area contributed by atoms with Crippen LogP contribution >= 0.6 is 0 Å². The van der Waals surface area contributed by atoms with Gasteiger partial charge in [0.2, 0.25) is 11.7 Å². The molecule has 3 N–H and O–H groups in total. The van der Waals surface area contributed by atoms with E-state index in [2.05, 4.69) is 10.1 Å². The van der Waals surface area contributed by atoms with Crippen LogP contribution in [0.2, 0.25) is 0 Å². The highest BCUT2D eigenvalue weighted by atomic mass is 19.4. The Balaban J connectivity index is 2.10. The molecule has 2 amide bonds. The molecule has 0 unspecified atom stereocenters. The first-order valence-electron chi connectivity index (χ1n) is 10.1. The number of anilines is 1. The lowest BCUT2D eigenvalue weighted by molar-refractivity contribution is -0.272. The Morgan fingerprint density at radius 1 is 1.17 bits per heavy atom. The Labute approximate surface area is 194 Å². The summed E-state index contributed by atoms with van der Waals surface area (Å²) in [6.45, 7) is -1.95. The van der Waals surface area contributed by atoms with Gasteiger partial charge in [-0.2, -0.15) is 26.3 Å². The molecule has 0 aliphatic carbocycles. The van der Waals surface area contributed by atoms with Gasteiger partial charge in [0.05, 0.1) is 0 Å². The monoisotopic (exact) mass is 508 g/mol. The number of alkyl halides is 5. The fourth-order valence-electron chi connectivity index (χ4n) is 4.01. The van der Waals surface area contributed by atoms with Gasteiger partial charge in [-0.3, -0.25) is 9.59 Å². The molecular weight excluding hydrogens is 489 g/mol. The molecule has 2 aromatic carbocycles. The van der Waals surface area contributed by atoms with E-state index in [9.17, 15) is 40.3 Å². The number of halogens is 7. The summed E-state index contributed by atoms with van der Waals surface area (Å²) in [6.07, 6.45) is -7.04. The maximum absolute atomic E-state index is 14.4. The van der Waals surface area contributed by atoms with Crippen LogP contribution in [0, 0.1) is 17.6 Å². The van der Waals surface area contributed by atoms with Gasteiger partial charge in [-0.15, -0.1) is 0 Å². The average molecular weight is 508 g/mol. The van der Waals surface area contributed by atoms with Crippen LogP contribution in [0.1, 0.15) is 35.7 Å². The van der Waals surface area contributed by atoms with E-state index in [4.69, 9.17) is 10.5 Å². The number of amides is 2. The van der Waals surface area contributed by atoms with Gasteiger partial charge in [0, 0.05) is 28.7 Å². The Hall–Kier alpha value is -3.35. The molecule has 4 atom stereocenters. The number of rotatable bonds is 6. The predicted molar refractivity (Wildman–Crippen MR) is 108 cm³/mol. The zero-order chi connectivity index (χ0) is 26.3. The smallest absolute Gasteiger partial charge is 0.417 e. The van der Waals surface area contributed by atoms with Gasteiger partial charge in [-0.05, 0) is 31.2 Å². The Kier molecular flexibility index (Phi) is 7.02. The molecule has 0 bridgehead atoms. The molecule has 1 heterocycles. The van der Waals surface area contributed by atoms with Crippen molar-refractivity contribution >= 4 is 17.5 Å². The number of benzene rings is 2. The third-order valence-electron chi connectivity index (χ3n) is 5.99. The average Bonchev–Trinajstić information content (AvgIpc) is 3.04. The highest BCUT2D eigenvalue weighted by Gasteiger charge is 2.66. The Bertz CT molecular complexity index is 1140. The molecule has 0 spiro atoms. The highest BCUT2D eigenvalue weighted by Crippen LogP contribution is 2.55. The highest BCUT2D eigenvalue weighted by molar-refractivity contribution is 5.98. The number of carbonyl (C=O) groups excluding carboxylic acids is 2. The van der Waals surface area contributed by atoms with Gasteiger partial charge in [0.25, 0.3) is 5.91 Å². The molecule has 0 aromatic heterocycles. The molecule has 35 heavy (non-hydrogen) atoms. The number of carbonyl (C=O) groups is 2. The molecule has 3 rings (SSSR count). The maximum atomic E-state index is 14.4. The lowest BCUT2D eigenvalue weighted by Crippen LogP contribution is -2.47. The SMILES string of the molecule is C[C@H]1[C@@H](c2ccc(F)c(F)c2OC(F)F)[C@H](C(=O)Nc2cccc(C(N)=O)c2)O[C@@]1(C)C(F)(F)F. The number of primary amides is 1. The standard InChI is InChI=1S/C22H19F7N2O4/c1-9-14(12-6-7-13(23)15(24)16(12)34-20(25)26)17(35-21(9,2)22(27,28)29)19(33)31-11-5-3-4-10(8-11)18(30)32/h3-9,14,17,20H,1-2H3,(H2,30,32)(H,31,33)/t9-,14-,17+,21+/m0/s1. The van der Waals surface area contributed by atoms with Gasteiger partial charge >= 0.3 is 12.8 Å². The molecule has 6 nitrogen and oxygen atoms in total. The second-order valence-electron chi connectivity index (χ2n) is 8.05. The van der Waals surface area contributed by atoms with E-state index in [1.54, 1.807) is 0 Å². The summed E-state index contributed by atoms with van der Waals surface area (Å²) in [5, 5.41) is 2.28. The fraction of sp³-hybridized carbons (Fsp3) is 0.364. The summed E-state index contributed by atoms with van der Waals surface area (Å²) in [7, 11) is 0. The van der Waals surface area contributed by atoms with E-state index in [1.165, 1.54) is 18.2 Å². The summed E-state index contributed by atoms with van der Waals surface area (Å²) in [6, 6.07) is 6.41. The molecule has 1 saturated heterocycles. The lowest BCUT2D eigenvalue weighted by Gasteiger charge is -2.32. The first kappa shape index (κ1) is 26.3. The minimum absolute atomic E-state index is 0.0200. The van der Waals surface area contributed by atoms with Crippen LogP contribution in [0.5, 0.6) is 5.75 Å². The van der Waals surface area contributed by atoms with Crippen LogP contribution in [0.4, 0.5) is 36.4 Å². The van der Waals surface area contributed by atoms with Crippen molar-refractivity contribution in [3.63, 3.8) is 0 Å². The van der Waals surface area contributed by atoms with E-state index >= 15 is 0 Å². The first-order valence-corrected chi connectivity index (χ1v) is 10.1. The van der Waals surface area contributed by atoms with Gasteiger partial charge in [0.15, 0.2) is 17.2 Å². The summed E-state index contributed by atoms with van der Waals surface area (Å²) >= 11 is 0. The second kappa shape index (κ2) is 9.36. The Morgan fingerprint density at radius 3 is 2.40 bits per heavy atom. The van der Waals surface area contributed by atoms with Gasteiger partial charge in [0.1, 0.15) is 6.10 Å².